The summed E-state index contributed by atoms with van der Waals surface area (Å²) < 4.78 is 33.1. The Kier molecular flexibility index (Phi) is 30.8. The molecular formula is C34H68NO9P. The van der Waals surface area contributed by atoms with Gasteiger partial charge in [-0.1, -0.05) is 149 Å². The number of ether oxygens (including phenoxy) is 2. The van der Waals surface area contributed by atoms with Crippen molar-refractivity contribution in [2.45, 2.75) is 180 Å². The molecule has 0 amide bonds. The molecule has 0 aromatic rings. The molecule has 0 aromatic heterocycles. The normalized spacial score (nSPS) is 14.2. The van der Waals surface area contributed by atoms with E-state index in [0.717, 1.165) is 38.5 Å². The maximum Gasteiger partial charge on any atom is 0.472 e. The molecule has 0 saturated carbocycles. The van der Waals surface area contributed by atoms with E-state index in [2.05, 4.69) is 18.4 Å². The third-order valence-electron chi connectivity index (χ3n) is 7.89. The first-order valence-corrected chi connectivity index (χ1v) is 19.6. The Morgan fingerprint density at radius 3 is 1.47 bits per heavy atom. The Bertz CT molecular complexity index is 740. The topological polar surface area (TPSA) is 155 Å². The van der Waals surface area contributed by atoms with E-state index in [1.165, 1.54) is 109 Å². The van der Waals surface area contributed by atoms with E-state index < -0.39 is 45.1 Å². The molecule has 0 aromatic carbocycles. The van der Waals surface area contributed by atoms with E-state index in [1.807, 2.05) is 0 Å². The summed E-state index contributed by atoms with van der Waals surface area (Å²) in [6.07, 6.45) is 27.3. The van der Waals surface area contributed by atoms with Gasteiger partial charge < -0.3 is 25.2 Å². The lowest BCUT2D eigenvalue weighted by Crippen LogP contribution is -2.34. The number of carbonyl (C=O) groups excluding carboxylic acids is 1. The number of aliphatic carboxylic acids is 1. The molecule has 3 atom stereocenters. The lowest BCUT2D eigenvalue weighted by atomic mass is 10.0. The second-order valence-corrected chi connectivity index (χ2v) is 13.8. The second-order valence-electron chi connectivity index (χ2n) is 12.4. The maximum absolute atomic E-state index is 12.5. The number of unbranched alkanes of at least 4 members (excludes halogenated alkanes) is 21. The number of phosphoric ester groups is 1. The van der Waals surface area contributed by atoms with Crippen molar-refractivity contribution >= 4 is 19.8 Å². The van der Waals surface area contributed by atoms with Gasteiger partial charge in [0.25, 0.3) is 0 Å². The molecule has 0 spiro atoms. The van der Waals surface area contributed by atoms with Crippen molar-refractivity contribution in [3.05, 3.63) is 0 Å². The maximum atomic E-state index is 12.5. The van der Waals surface area contributed by atoms with Gasteiger partial charge in [-0.15, -0.1) is 0 Å². The zero-order valence-corrected chi connectivity index (χ0v) is 29.6. The molecule has 11 heteroatoms. The Labute approximate surface area is 274 Å². The highest BCUT2D eigenvalue weighted by Gasteiger charge is 2.27. The van der Waals surface area contributed by atoms with Gasteiger partial charge in [0.1, 0.15) is 12.1 Å². The van der Waals surface area contributed by atoms with Crippen molar-refractivity contribution in [1.82, 2.24) is 0 Å². The highest BCUT2D eigenvalue weighted by molar-refractivity contribution is 7.47. The zero-order chi connectivity index (χ0) is 33.4. The van der Waals surface area contributed by atoms with Crippen LogP contribution in [0.2, 0.25) is 0 Å². The molecule has 4 N–H and O–H groups in total. The minimum Gasteiger partial charge on any atom is -0.480 e. The molecule has 0 fully saturated rings. The van der Waals surface area contributed by atoms with Crippen LogP contribution < -0.4 is 5.73 Å². The summed E-state index contributed by atoms with van der Waals surface area (Å²) in [6.45, 7) is 3.87. The van der Waals surface area contributed by atoms with E-state index >= 15 is 0 Å². The van der Waals surface area contributed by atoms with Crippen molar-refractivity contribution in [2.24, 2.45) is 5.73 Å². The highest BCUT2D eigenvalue weighted by Crippen LogP contribution is 2.43. The number of phosphoric acid groups is 1. The zero-order valence-electron chi connectivity index (χ0n) is 28.7. The van der Waals surface area contributed by atoms with Gasteiger partial charge in [-0.2, -0.15) is 0 Å². The molecule has 0 rings (SSSR count). The first-order valence-electron chi connectivity index (χ1n) is 18.1. The third-order valence-corrected chi connectivity index (χ3v) is 8.84. The molecule has 0 saturated heterocycles. The average molecular weight is 666 g/mol. The van der Waals surface area contributed by atoms with Crippen LogP contribution in [-0.2, 0) is 32.7 Å². The van der Waals surface area contributed by atoms with Crippen molar-refractivity contribution in [2.75, 3.05) is 26.4 Å². The summed E-state index contributed by atoms with van der Waals surface area (Å²) >= 11 is 0. The fraction of sp³-hybridized carbons (Fsp3) is 0.941. The molecule has 3 unspecified atom stereocenters. The highest BCUT2D eigenvalue weighted by atomic mass is 31.2. The molecule has 0 aliphatic heterocycles. The molecule has 0 bridgehead atoms. The van der Waals surface area contributed by atoms with Crippen LogP contribution in [0, 0.1) is 0 Å². The van der Waals surface area contributed by atoms with E-state index in [1.54, 1.807) is 0 Å². The molecule has 0 aliphatic carbocycles. The van der Waals surface area contributed by atoms with Crippen LogP contribution in [0.5, 0.6) is 0 Å². The van der Waals surface area contributed by atoms with Crippen LogP contribution in [0.1, 0.15) is 168 Å². The molecular weight excluding hydrogens is 597 g/mol. The van der Waals surface area contributed by atoms with Gasteiger partial charge in [0.2, 0.25) is 0 Å². The monoisotopic (exact) mass is 665 g/mol. The van der Waals surface area contributed by atoms with Gasteiger partial charge in [0, 0.05) is 13.0 Å². The number of rotatable bonds is 35. The van der Waals surface area contributed by atoms with E-state index in [0.29, 0.717) is 6.61 Å². The molecule has 268 valence electrons. The summed E-state index contributed by atoms with van der Waals surface area (Å²) in [7, 11) is -4.59. The molecule has 10 nitrogen and oxygen atoms in total. The number of carbonyl (C=O) groups is 2. The summed E-state index contributed by atoms with van der Waals surface area (Å²) in [4.78, 5) is 33.3. The first-order chi connectivity index (χ1) is 21.7. The van der Waals surface area contributed by atoms with Gasteiger partial charge in [0.05, 0.1) is 19.8 Å². The van der Waals surface area contributed by atoms with Gasteiger partial charge in [-0.25, -0.2) is 4.57 Å². The van der Waals surface area contributed by atoms with Crippen LogP contribution >= 0.6 is 7.82 Å². The predicted molar refractivity (Wildman–Crippen MR) is 180 cm³/mol. The number of nitrogens with two attached hydrogens (primary N) is 1. The van der Waals surface area contributed by atoms with Gasteiger partial charge in [-0.05, 0) is 12.8 Å². The number of carboxylic acids is 1. The van der Waals surface area contributed by atoms with E-state index in [-0.39, 0.29) is 13.0 Å². The minimum atomic E-state index is -4.59. The van der Waals surface area contributed by atoms with Crippen LogP contribution in [0.3, 0.4) is 0 Å². The van der Waals surface area contributed by atoms with Crippen LogP contribution in [-0.4, -0.2) is 60.5 Å². The standard InChI is InChI=1S/C34H68NO9P/c1-3-5-7-9-11-13-14-15-16-17-18-20-22-24-26-33(36)44-31(29-42-45(39,40)43-30-32(35)34(37)38)28-41-27-25-23-21-19-12-10-8-6-4-2/h31-32H,3-30,35H2,1-2H3,(H,37,38)(H,39,40). The van der Waals surface area contributed by atoms with Crippen molar-refractivity contribution in [1.29, 1.82) is 0 Å². The Morgan fingerprint density at radius 1 is 0.622 bits per heavy atom. The molecule has 45 heavy (non-hydrogen) atoms. The van der Waals surface area contributed by atoms with Gasteiger partial charge in [0.15, 0.2) is 0 Å². The fourth-order valence-electron chi connectivity index (χ4n) is 5.01. The summed E-state index contributed by atoms with van der Waals surface area (Å²) in [6, 6.07) is -1.47. The van der Waals surface area contributed by atoms with Gasteiger partial charge >= 0.3 is 19.8 Å². The number of hydrogen-bond acceptors (Lipinski definition) is 8. The molecule has 0 heterocycles. The number of hydrogen-bond donors (Lipinski definition) is 3. The van der Waals surface area contributed by atoms with Crippen molar-refractivity contribution < 1.29 is 42.7 Å². The number of carboxylic acid groups (broad SMARTS) is 1. The lowest BCUT2D eigenvalue weighted by molar-refractivity contribution is -0.154. The third kappa shape index (κ3) is 31.3. The fourth-order valence-corrected chi connectivity index (χ4v) is 5.79. The SMILES string of the molecule is CCCCCCCCCCCCCCCCC(=O)OC(COCCCCCCCCCCC)COP(=O)(O)OCC(N)C(=O)O. The second kappa shape index (κ2) is 31.6. The van der Waals surface area contributed by atoms with Crippen LogP contribution in [0.4, 0.5) is 0 Å². The average Bonchev–Trinajstić information content (AvgIpc) is 3.01. The largest absolute Gasteiger partial charge is 0.480 e. The van der Waals surface area contributed by atoms with E-state index in [9.17, 15) is 19.0 Å². The van der Waals surface area contributed by atoms with Crippen LogP contribution in [0.25, 0.3) is 0 Å². The van der Waals surface area contributed by atoms with Gasteiger partial charge in [-0.3, -0.25) is 18.6 Å². The van der Waals surface area contributed by atoms with Crippen molar-refractivity contribution in [3.63, 3.8) is 0 Å². The summed E-state index contributed by atoms with van der Waals surface area (Å²) in [5.74, 6) is -1.77. The number of esters is 1. The Hall–Kier alpha value is -1.03. The summed E-state index contributed by atoms with van der Waals surface area (Å²) in [5, 5.41) is 8.84. The lowest BCUT2D eigenvalue weighted by Gasteiger charge is -2.20. The molecule has 0 radical (unpaired) electrons. The van der Waals surface area contributed by atoms with Crippen LogP contribution in [0.15, 0.2) is 0 Å². The first kappa shape index (κ1) is 44.0. The predicted octanol–water partition coefficient (Wildman–Crippen LogP) is 8.86. The van der Waals surface area contributed by atoms with Crippen molar-refractivity contribution in [3.8, 4) is 0 Å². The molecule has 0 aliphatic rings. The Balaban J connectivity index is 4.28. The smallest absolute Gasteiger partial charge is 0.472 e. The minimum absolute atomic E-state index is 0.0239. The van der Waals surface area contributed by atoms with E-state index in [4.69, 9.17) is 24.8 Å². The quantitative estimate of drug-likeness (QED) is 0.0340. The summed E-state index contributed by atoms with van der Waals surface area (Å²) in [5.41, 5.74) is 5.32. The Morgan fingerprint density at radius 2 is 1.02 bits per heavy atom.